The molecule has 96 valence electrons. The van der Waals surface area contributed by atoms with Crippen molar-refractivity contribution in [2.75, 3.05) is 12.3 Å². The monoisotopic (exact) mass is 254 g/mol. The van der Waals surface area contributed by atoms with Gasteiger partial charge in [-0.3, -0.25) is 10.1 Å². The third kappa shape index (κ3) is 2.65. The first-order valence-corrected chi connectivity index (χ1v) is 6.08. The number of anilines is 1. The number of hydrogen-bond acceptors (Lipinski definition) is 4. The van der Waals surface area contributed by atoms with E-state index >= 15 is 0 Å². The molecule has 19 heavy (non-hydrogen) atoms. The molecule has 2 heterocycles. The third-order valence-corrected chi connectivity index (χ3v) is 2.87. The summed E-state index contributed by atoms with van der Waals surface area (Å²) < 4.78 is 5.71. The Hall–Kier alpha value is -2.56. The molecule has 0 spiro atoms. The number of nitrogen functional groups attached to an aromatic ring is 1. The van der Waals surface area contributed by atoms with Gasteiger partial charge in [0.05, 0.1) is 12.1 Å². The fourth-order valence-electron chi connectivity index (χ4n) is 1.93. The van der Waals surface area contributed by atoms with Crippen LogP contribution in [-0.2, 0) is 6.42 Å². The molecule has 0 unspecified atom stereocenters. The fraction of sp³-hybridized carbons (Fsp3) is 0.143. The lowest BCUT2D eigenvalue weighted by Gasteiger charge is -2.06. The fourth-order valence-corrected chi connectivity index (χ4v) is 1.93. The highest BCUT2D eigenvalue weighted by atomic mass is 16.5. The van der Waals surface area contributed by atoms with Crippen molar-refractivity contribution in [3.05, 3.63) is 48.3 Å². The predicted octanol–water partition coefficient (Wildman–Crippen LogP) is 2.16. The number of hydrogen-bond donors (Lipinski definition) is 2. The zero-order valence-electron chi connectivity index (χ0n) is 10.3. The van der Waals surface area contributed by atoms with Gasteiger partial charge in [0, 0.05) is 29.8 Å². The van der Waals surface area contributed by atoms with Crippen molar-refractivity contribution in [2.24, 2.45) is 0 Å². The van der Waals surface area contributed by atoms with E-state index in [-0.39, 0.29) is 0 Å². The standard InChI is InChI=1S/C14H14N4O/c15-14-9-11(17-18-14)5-7-19-12-3-4-13-10(8-12)2-1-6-16-13/h1-4,6,8-9H,5,7H2,(H3,15,17,18). The van der Waals surface area contributed by atoms with Crippen LogP contribution in [0.15, 0.2) is 42.6 Å². The Morgan fingerprint density at radius 2 is 2.16 bits per heavy atom. The Balaban J connectivity index is 1.65. The Morgan fingerprint density at radius 1 is 1.21 bits per heavy atom. The zero-order valence-corrected chi connectivity index (χ0v) is 10.3. The van der Waals surface area contributed by atoms with Crippen LogP contribution in [0.25, 0.3) is 10.9 Å². The maximum absolute atomic E-state index is 5.71. The van der Waals surface area contributed by atoms with Crippen LogP contribution in [0, 0.1) is 0 Å². The van der Waals surface area contributed by atoms with Gasteiger partial charge in [0.2, 0.25) is 0 Å². The van der Waals surface area contributed by atoms with Crippen molar-refractivity contribution in [3.8, 4) is 5.75 Å². The molecule has 0 radical (unpaired) electrons. The number of benzene rings is 1. The molecular weight excluding hydrogens is 240 g/mol. The number of ether oxygens (including phenoxy) is 1. The van der Waals surface area contributed by atoms with Gasteiger partial charge in [0.25, 0.3) is 0 Å². The average molecular weight is 254 g/mol. The summed E-state index contributed by atoms with van der Waals surface area (Å²) in [6.07, 6.45) is 2.53. The number of aromatic amines is 1. The second-order valence-corrected chi connectivity index (χ2v) is 4.27. The van der Waals surface area contributed by atoms with Gasteiger partial charge in [-0.15, -0.1) is 0 Å². The van der Waals surface area contributed by atoms with Crippen LogP contribution in [0.2, 0.25) is 0 Å². The quantitative estimate of drug-likeness (QED) is 0.748. The summed E-state index contributed by atoms with van der Waals surface area (Å²) in [7, 11) is 0. The van der Waals surface area contributed by atoms with Gasteiger partial charge < -0.3 is 10.5 Å². The first-order valence-electron chi connectivity index (χ1n) is 6.08. The Morgan fingerprint density at radius 3 is 3.00 bits per heavy atom. The molecule has 5 heteroatoms. The molecule has 0 aliphatic heterocycles. The molecule has 3 N–H and O–H groups in total. The lowest BCUT2D eigenvalue weighted by atomic mass is 10.2. The summed E-state index contributed by atoms with van der Waals surface area (Å²) in [6.45, 7) is 0.577. The number of H-pyrrole nitrogens is 1. The first-order chi connectivity index (χ1) is 9.31. The van der Waals surface area contributed by atoms with E-state index < -0.39 is 0 Å². The second kappa shape index (κ2) is 4.97. The van der Waals surface area contributed by atoms with Gasteiger partial charge in [-0.2, -0.15) is 5.10 Å². The number of nitrogens with one attached hydrogen (secondary N) is 1. The van der Waals surface area contributed by atoms with Crippen molar-refractivity contribution >= 4 is 16.7 Å². The number of rotatable bonds is 4. The van der Waals surface area contributed by atoms with E-state index in [1.165, 1.54) is 0 Å². The van der Waals surface area contributed by atoms with E-state index in [4.69, 9.17) is 10.5 Å². The van der Waals surface area contributed by atoms with Crippen LogP contribution >= 0.6 is 0 Å². The minimum absolute atomic E-state index is 0.506. The van der Waals surface area contributed by atoms with Gasteiger partial charge in [-0.1, -0.05) is 6.07 Å². The van der Waals surface area contributed by atoms with E-state index in [1.54, 1.807) is 6.20 Å². The molecule has 0 aliphatic rings. The summed E-state index contributed by atoms with van der Waals surface area (Å²) in [6, 6.07) is 11.6. The largest absolute Gasteiger partial charge is 0.493 e. The van der Waals surface area contributed by atoms with Crippen LogP contribution in [0.4, 0.5) is 5.82 Å². The highest BCUT2D eigenvalue weighted by Crippen LogP contribution is 2.19. The maximum atomic E-state index is 5.71. The summed E-state index contributed by atoms with van der Waals surface area (Å²) in [5.74, 6) is 1.35. The van der Waals surface area contributed by atoms with Gasteiger partial charge in [-0.25, -0.2) is 0 Å². The van der Waals surface area contributed by atoms with E-state index in [0.29, 0.717) is 12.4 Å². The summed E-state index contributed by atoms with van der Waals surface area (Å²) >= 11 is 0. The number of aromatic nitrogens is 3. The molecule has 3 aromatic rings. The van der Waals surface area contributed by atoms with E-state index in [0.717, 1.165) is 28.8 Å². The number of fused-ring (bicyclic) bond motifs is 1. The van der Waals surface area contributed by atoms with Crippen LogP contribution in [0.5, 0.6) is 5.75 Å². The Bertz CT molecular complexity index is 692. The summed E-state index contributed by atoms with van der Waals surface area (Å²) in [5.41, 5.74) is 7.47. The third-order valence-electron chi connectivity index (χ3n) is 2.87. The Labute approximate surface area is 110 Å². The topological polar surface area (TPSA) is 76.8 Å². The molecule has 5 nitrogen and oxygen atoms in total. The van der Waals surface area contributed by atoms with Crippen molar-refractivity contribution in [3.63, 3.8) is 0 Å². The molecule has 0 aliphatic carbocycles. The number of nitrogens with two attached hydrogens (primary N) is 1. The molecule has 0 atom stereocenters. The summed E-state index contributed by atoms with van der Waals surface area (Å²) in [4.78, 5) is 4.27. The summed E-state index contributed by atoms with van der Waals surface area (Å²) in [5, 5.41) is 7.80. The van der Waals surface area contributed by atoms with Crippen molar-refractivity contribution in [1.82, 2.24) is 15.2 Å². The van der Waals surface area contributed by atoms with Crippen LogP contribution < -0.4 is 10.5 Å². The maximum Gasteiger partial charge on any atom is 0.145 e. The first kappa shape index (κ1) is 11.5. The van der Waals surface area contributed by atoms with Gasteiger partial charge in [0.15, 0.2) is 0 Å². The van der Waals surface area contributed by atoms with E-state index in [1.807, 2.05) is 36.4 Å². The minimum Gasteiger partial charge on any atom is -0.493 e. The van der Waals surface area contributed by atoms with E-state index in [9.17, 15) is 0 Å². The van der Waals surface area contributed by atoms with Crippen molar-refractivity contribution < 1.29 is 4.74 Å². The lowest BCUT2D eigenvalue weighted by Crippen LogP contribution is -2.01. The smallest absolute Gasteiger partial charge is 0.145 e. The molecule has 0 saturated heterocycles. The number of pyridine rings is 1. The van der Waals surface area contributed by atoms with Crippen LogP contribution in [-0.4, -0.2) is 21.8 Å². The zero-order chi connectivity index (χ0) is 13.1. The average Bonchev–Trinajstić information content (AvgIpc) is 2.84. The molecule has 2 aromatic heterocycles. The highest BCUT2D eigenvalue weighted by molar-refractivity contribution is 5.79. The van der Waals surface area contributed by atoms with Crippen molar-refractivity contribution in [2.45, 2.75) is 6.42 Å². The molecule has 0 bridgehead atoms. The van der Waals surface area contributed by atoms with Gasteiger partial charge >= 0.3 is 0 Å². The van der Waals surface area contributed by atoms with Crippen molar-refractivity contribution in [1.29, 1.82) is 0 Å². The highest BCUT2D eigenvalue weighted by Gasteiger charge is 2.00. The van der Waals surface area contributed by atoms with E-state index in [2.05, 4.69) is 15.2 Å². The molecular formula is C14H14N4O. The lowest BCUT2D eigenvalue weighted by molar-refractivity contribution is 0.321. The molecule has 0 saturated carbocycles. The van der Waals surface area contributed by atoms with Crippen LogP contribution in [0.1, 0.15) is 5.69 Å². The van der Waals surface area contributed by atoms with Crippen LogP contribution in [0.3, 0.4) is 0 Å². The molecule has 0 amide bonds. The SMILES string of the molecule is Nc1cc(CCOc2ccc3ncccc3c2)[nH]n1. The predicted molar refractivity (Wildman–Crippen MR) is 73.9 cm³/mol. The van der Waals surface area contributed by atoms with Gasteiger partial charge in [0.1, 0.15) is 11.6 Å². The molecule has 0 fully saturated rings. The Kier molecular flexibility index (Phi) is 3.02. The second-order valence-electron chi connectivity index (χ2n) is 4.27. The molecule has 3 rings (SSSR count). The molecule has 1 aromatic carbocycles. The normalized spacial score (nSPS) is 10.7. The minimum atomic E-state index is 0.506. The number of nitrogens with zero attached hydrogens (tertiary/aromatic N) is 2. The van der Waals surface area contributed by atoms with Gasteiger partial charge in [-0.05, 0) is 24.3 Å².